The molecular weight excluding hydrogens is 340 g/mol. The first-order valence-electron chi connectivity index (χ1n) is 6.00. The summed E-state index contributed by atoms with van der Waals surface area (Å²) in [7, 11) is 3.82. The summed E-state index contributed by atoms with van der Waals surface area (Å²) in [4.78, 5) is 11.0. The van der Waals surface area contributed by atoms with Crippen molar-refractivity contribution in [3.8, 4) is 0 Å². The van der Waals surface area contributed by atoms with Crippen LogP contribution in [0.1, 0.15) is 5.56 Å². The number of nitrogens with one attached hydrogen (secondary N) is 2. The van der Waals surface area contributed by atoms with Crippen LogP contribution >= 0.6 is 27.3 Å². The summed E-state index contributed by atoms with van der Waals surface area (Å²) in [6.45, 7) is 0.780. The van der Waals surface area contributed by atoms with E-state index in [2.05, 4.69) is 57.8 Å². The van der Waals surface area contributed by atoms with Crippen LogP contribution in [0.25, 0.3) is 11.0 Å². The van der Waals surface area contributed by atoms with Crippen molar-refractivity contribution < 1.29 is 0 Å². The fraction of sp³-hybridized carbons (Fsp3) is 0.250. The average molecular weight is 353 g/mol. The molecule has 3 heterocycles. The van der Waals surface area contributed by atoms with Crippen molar-refractivity contribution in [1.82, 2.24) is 20.2 Å². The second-order valence-corrected chi connectivity index (χ2v) is 6.66. The number of anilines is 2. The van der Waals surface area contributed by atoms with Crippen molar-refractivity contribution in [2.45, 2.75) is 6.54 Å². The Morgan fingerprint density at radius 2 is 2.30 bits per heavy atom. The number of hydrogen-bond acceptors (Lipinski definition) is 6. The van der Waals surface area contributed by atoms with E-state index in [-0.39, 0.29) is 0 Å². The molecule has 0 aliphatic heterocycles. The van der Waals surface area contributed by atoms with Gasteiger partial charge in [0, 0.05) is 20.6 Å². The van der Waals surface area contributed by atoms with Crippen LogP contribution in [0.3, 0.4) is 0 Å². The summed E-state index contributed by atoms with van der Waals surface area (Å²) in [6, 6.07) is 2.12. The molecule has 20 heavy (non-hydrogen) atoms. The molecule has 0 fully saturated rings. The van der Waals surface area contributed by atoms with Crippen molar-refractivity contribution >= 4 is 50.1 Å². The van der Waals surface area contributed by atoms with Crippen LogP contribution < -0.4 is 10.2 Å². The number of fused-ring (bicyclic) bond motifs is 1. The molecule has 0 aliphatic rings. The molecule has 104 valence electrons. The highest BCUT2D eigenvalue weighted by Crippen LogP contribution is 2.26. The molecule has 0 bridgehead atoms. The van der Waals surface area contributed by atoms with Crippen molar-refractivity contribution in [3.63, 3.8) is 0 Å². The van der Waals surface area contributed by atoms with Gasteiger partial charge in [-0.2, -0.15) is 15.1 Å². The third kappa shape index (κ3) is 2.48. The van der Waals surface area contributed by atoms with Crippen LogP contribution in [0.4, 0.5) is 11.8 Å². The molecule has 3 aromatic heterocycles. The predicted octanol–water partition coefficient (Wildman–Crippen LogP) is 2.86. The smallest absolute Gasteiger partial charge is 0.226 e. The first-order chi connectivity index (χ1) is 9.67. The van der Waals surface area contributed by atoms with Gasteiger partial charge < -0.3 is 10.2 Å². The Bertz CT molecular complexity index is 736. The van der Waals surface area contributed by atoms with Gasteiger partial charge in [0.2, 0.25) is 5.95 Å². The van der Waals surface area contributed by atoms with E-state index < -0.39 is 0 Å². The number of thiophene rings is 1. The van der Waals surface area contributed by atoms with E-state index >= 15 is 0 Å². The summed E-state index contributed by atoms with van der Waals surface area (Å²) >= 11 is 5.16. The summed E-state index contributed by atoms with van der Waals surface area (Å²) in [6.07, 6.45) is 1.75. The maximum Gasteiger partial charge on any atom is 0.226 e. The van der Waals surface area contributed by atoms with Gasteiger partial charge in [0.05, 0.1) is 15.4 Å². The number of nitrogens with zero attached hydrogens (tertiary/aromatic N) is 4. The van der Waals surface area contributed by atoms with Gasteiger partial charge in [0.25, 0.3) is 0 Å². The molecule has 0 saturated heterocycles. The zero-order chi connectivity index (χ0) is 14.1. The number of halogens is 1. The van der Waals surface area contributed by atoms with Crippen molar-refractivity contribution in [1.29, 1.82) is 0 Å². The summed E-state index contributed by atoms with van der Waals surface area (Å²) in [5.74, 6) is 1.44. The molecule has 3 aromatic rings. The van der Waals surface area contributed by atoms with Crippen LogP contribution in [-0.2, 0) is 6.54 Å². The van der Waals surface area contributed by atoms with Crippen LogP contribution in [0.5, 0.6) is 0 Å². The number of H-pyrrole nitrogens is 1. The second kappa shape index (κ2) is 5.37. The van der Waals surface area contributed by atoms with Gasteiger partial charge in [-0.1, -0.05) is 0 Å². The van der Waals surface area contributed by atoms with Gasteiger partial charge in [0.15, 0.2) is 5.65 Å². The maximum absolute atomic E-state index is 4.53. The normalized spacial score (nSPS) is 10.9. The van der Waals surface area contributed by atoms with Crippen molar-refractivity contribution in [2.75, 3.05) is 24.3 Å². The van der Waals surface area contributed by atoms with E-state index in [1.54, 1.807) is 24.6 Å². The lowest BCUT2D eigenvalue weighted by atomic mass is 10.3. The highest BCUT2D eigenvalue weighted by molar-refractivity contribution is 9.11. The van der Waals surface area contributed by atoms with Gasteiger partial charge in [-0.25, -0.2) is 0 Å². The zero-order valence-corrected chi connectivity index (χ0v) is 13.4. The summed E-state index contributed by atoms with van der Waals surface area (Å²) in [5.41, 5.74) is 1.98. The van der Waals surface area contributed by atoms with Gasteiger partial charge in [-0.15, -0.1) is 11.3 Å². The van der Waals surface area contributed by atoms with Crippen molar-refractivity contribution in [2.24, 2.45) is 0 Å². The minimum absolute atomic E-state index is 0.579. The minimum Gasteiger partial charge on any atom is -0.357 e. The maximum atomic E-state index is 4.53. The molecule has 0 radical (unpaired) electrons. The van der Waals surface area contributed by atoms with Crippen LogP contribution in [-0.4, -0.2) is 34.3 Å². The fourth-order valence-electron chi connectivity index (χ4n) is 2.00. The zero-order valence-electron chi connectivity index (χ0n) is 11.0. The number of aromatic nitrogens is 4. The number of rotatable bonds is 4. The van der Waals surface area contributed by atoms with Gasteiger partial charge in [-0.3, -0.25) is 5.10 Å². The number of hydrogen-bond donors (Lipinski definition) is 2. The fourth-order valence-corrected chi connectivity index (χ4v) is 3.20. The largest absolute Gasteiger partial charge is 0.357 e. The Balaban J connectivity index is 1.97. The average Bonchev–Trinajstić information content (AvgIpc) is 3.06. The molecule has 0 aromatic carbocycles. The van der Waals surface area contributed by atoms with Crippen LogP contribution in [0, 0.1) is 0 Å². The first-order valence-corrected chi connectivity index (χ1v) is 7.67. The monoisotopic (exact) mass is 352 g/mol. The Labute approximate surface area is 128 Å². The number of aromatic amines is 1. The topological polar surface area (TPSA) is 69.7 Å². The van der Waals surface area contributed by atoms with Gasteiger partial charge in [0.1, 0.15) is 5.82 Å². The minimum atomic E-state index is 0.579. The SMILES string of the molecule is CNc1nc(N(C)Cc2csc(Br)c2)c2cn[nH]c2n1. The molecule has 0 amide bonds. The van der Waals surface area contributed by atoms with E-state index in [4.69, 9.17) is 0 Å². The van der Waals surface area contributed by atoms with E-state index in [9.17, 15) is 0 Å². The molecular formula is C12H13BrN6S. The van der Waals surface area contributed by atoms with Crippen molar-refractivity contribution in [3.05, 3.63) is 27.0 Å². The molecule has 0 spiro atoms. The Kier molecular flexibility index (Phi) is 3.58. The standard InChI is InChI=1S/C12H13BrN6S/c1-14-12-16-10-8(4-15-18-10)11(17-12)19(2)5-7-3-9(13)20-6-7/h3-4,6H,5H2,1-2H3,(H2,14,15,16,17,18). The molecule has 0 saturated carbocycles. The first kappa shape index (κ1) is 13.3. The molecule has 0 unspecified atom stereocenters. The van der Waals surface area contributed by atoms with E-state index in [1.807, 2.05) is 7.05 Å². The summed E-state index contributed by atoms with van der Waals surface area (Å²) < 4.78 is 1.13. The van der Waals surface area contributed by atoms with E-state index in [0.717, 1.165) is 27.2 Å². The Morgan fingerprint density at radius 1 is 1.45 bits per heavy atom. The highest BCUT2D eigenvalue weighted by atomic mass is 79.9. The summed E-state index contributed by atoms with van der Waals surface area (Å²) in [5, 5.41) is 12.9. The lowest BCUT2D eigenvalue weighted by Gasteiger charge is -2.18. The molecule has 2 N–H and O–H groups in total. The molecule has 3 rings (SSSR count). The third-order valence-electron chi connectivity index (χ3n) is 2.92. The molecule has 6 nitrogen and oxygen atoms in total. The lowest BCUT2D eigenvalue weighted by Crippen LogP contribution is -2.18. The van der Waals surface area contributed by atoms with E-state index in [0.29, 0.717) is 5.95 Å². The molecule has 0 aliphatic carbocycles. The molecule has 8 heteroatoms. The second-order valence-electron chi connectivity index (χ2n) is 4.37. The van der Waals surface area contributed by atoms with Gasteiger partial charge >= 0.3 is 0 Å². The predicted molar refractivity (Wildman–Crippen MR) is 85.4 cm³/mol. The Hall–Kier alpha value is -1.67. The van der Waals surface area contributed by atoms with Crippen LogP contribution in [0.15, 0.2) is 21.4 Å². The Morgan fingerprint density at radius 3 is 3.00 bits per heavy atom. The van der Waals surface area contributed by atoms with Crippen LogP contribution in [0.2, 0.25) is 0 Å². The third-order valence-corrected chi connectivity index (χ3v) is 4.47. The van der Waals surface area contributed by atoms with E-state index in [1.165, 1.54) is 5.56 Å². The lowest BCUT2D eigenvalue weighted by molar-refractivity contribution is 0.904. The highest BCUT2D eigenvalue weighted by Gasteiger charge is 2.13. The van der Waals surface area contributed by atoms with Gasteiger partial charge in [-0.05, 0) is 32.9 Å². The molecule has 0 atom stereocenters. The quantitative estimate of drug-likeness (QED) is 0.755.